The van der Waals surface area contributed by atoms with Crippen molar-refractivity contribution < 1.29 is 31.0 Å². The quantitative estimate of drug-likeness (QED) is 0.589. The van der Waals surface area contributed by atoms with E-state index in [1.54, 1.807) is 32.4 Å². The minimum atomic E-state index is -3.83. The van der Waals surface area contributed by atoms with Gasteiger partial charge in [-0.1, -0.05) is 6.07 Å². The largest absolute Gasteiger partial charge is 0.497 e. The summed E-state index contributed by atoms with van der Waals surface area (Å²) in [7, 11) is -2.70. The predicted octanol–water partition coefficient (Wildman–Crippen LogP) is 1.48. The number of ether oxygens (including phenoxy) is 3. The second-order valence-corrected chi connectivity index (χ2v) is 11.7. The van der Waals surface area contributed by atoms with E-state index in [0.717, 1.165) is 5.56 Å². The van der Waals surface area contributed by atoms with Gasteiger partial charge in [-0.25, -0.2) is 16.8 Å². The predicted molar refractivity (Wildman–Crippen MR) is 118 cm³/mol. The Kier molecular flexibility index (Phi) is 7.13. The lowest BCUT2D eigenvalue weighted by atomic mass is 10.1. The standard InChI is InChI=1S/C21H27NO7S2/c1-27-16-5-7-17(8-6-16)31(25,26)21-14-30(23,24)13-18(21)22-11-10-15-4-9-19(28-2)20(12-15)29-3/h4-9,12,18,21-22H,10-11,13-14H2,1-3H3/t18-,21-/m0/s1. The molecule has 0 amide bonds. The van der Waals surface area contributed by atoms with Gasteiger partial charge in [0, 0.05) is 6.04 Å². The van der Waals surface area contributed by atoms with Gasteiger partial charge in [0.25, 0.3) is 0 Å². The van der Waals surface area contributed by atoms with Crippen molar-refractivity contribution in [2.75, 3.05) is 39.4 Å². The number of nitrogens with one attached hydrogen (secondary N) is 1. The van der Waals surface area contributed by atoms with Gasteiger partial charge in [-0.15, -0.1) is 0 Å². The third kappa shape index (κ3) is 5.31. The van der Waals surface area contributed by atoms with Crippen molar-refractivity contribution in [2.24, 2.45) is 0 Å². The first-order valence-corrected chi connectivity index (χ1v) is 13.1. The van der Waals surface area contributed by atoms with Gasteiger partial charge in [0.2, 0.25) is 0 Å². The van der Waals surface area contributed by atoms with E-state index in [1.807, 2.05) is 12.1 Å². The van der Waals surface area contributed by atoms with Crippen LogP contribution in [0.15, 0.2) is 47.4 Å². The van der Waals surface area contributed by atoms with Crippen molar-refractivity contribution in [3.8, 4) is 17.2 Å². The van der Waals surface area contributed by atoms with Crippen molar-refractivity contribution in [3.63, 3.8) is 0 Å². The number of benzene rings is 2. The lowest BCUT2D eigenvalue weighted by molar-refractivity contribution is 0.354. The van der Waals surface area contributed by atoms with Crippen LogP contribution in [0.25, 0.3) is 0 Å². The number of hydrogen-bond donors (Lipinski definition) is 1. The number of hydrogen-bond acceptors (Lipinski definition) is 8. The van der Waals surface area contributed by atoms with Gasteiger partial charge in [0.1, 0.15) is 5.75 Å². The lowest BCUT2D eigenvalue weighted by Gasteiger charge is -2.20. The molecule has 0 radical (unpaired) electrons. The molecule has 2 aromatic rings. The highest BCUT2D eigenvalue weighted by molar-refractivity contribution is 7.96. The van der Waals surface area contributed by atoms with Crippen molar-refractivity contribution in [1.82, 2.24) is 5.32 Å². The normalized spacial score (nSPS) is 20.4. The number of methoxy groups -OCH3 is 3. The molecule has 10 heteroatoms. The van der Waals surface area contributed by atoms with Gasteiger partial charge >= 0.3 is 0 Å². The Labute approximate surface area is 183 Å². The summed E-state index contributed by atoms with van der Waals surface area (Å²) in [5.41, 5.74) is 0.959. The van der Waals surface area contributed by atoms with Crippen LogP contribution in [-0.4, -0.2) is 67.5 Å². The Morgan fingerprint density at radius 2 is 1.61 bits per heavy atom. The van der Waals surface area contributed by atoms with Crippen molar-refractivity contribution in [2.45, 2.75) is 22.6 Å². The first-order chi connectivity index (χ1) is 14.7. The van der Waals surface area contributed by atoms with Crippen LogP contribution in [0, 0.1) is 0 Å². The molecule has 170 valence electrons. The van der Waals surface area contributed by atoms with Crippen LogP contribution < -0.4 is 19.5 Å². The van der Waals surface area contributed by atoms with Gasteiger partial charge in [-0.05, 0) is 54.9 Å². The molecule has 0 aromatic heterocycles. The SMILES string of the molecule is COc1ccc(S(=O)(=O)[C@H]2CS(=O)(=O)C[C@@H]2NCCc2ccc(OC)c(OC)c2)cc1. The molecular formula is C21H27NO7S2. The highest BCUT2D eigenvalue weighted by Crippen LogP contribution is 2.29. The third-order valence-corrected chi connectivity index (χ3v) is 9.52. The molecule has 1 saturated heterocycles. The van der Waals surface area contributed by atoms with E-state index in [0.29, 0.717) is 30.2 Å². The highest BCUT2D eigenvalue weighted by atomic mass is 32.2. The molecule has 0 saturated carbocycles. The van der Waals surface area contributed by atoms with E-state index in [-0.39, 0.29) is 10.6 Å². The van der Waals surface area contributed by atoms with E-state index >= 15 is 0 Å². The van der Waals surface area contributed by atoms with Gasteiger partial charge in [-0.2, -0.15) is 0 Å². The Hall–Kier alpha value is -2.30. The molecule has 3 rings (SSSR count). The average Bonchev–Trinajstić information content (AvgIpc) is 3.08. The maximum Gasteiger partial charge on any atom is 0.183 e. The summed E-state index contributed by atoms with van der Waals surface area (Å²) in [6, 6.07) is 10.8. The summed E-state index contributed by atoms with van der Waals surface area (Å²) >= 11 is 0. The fourth-order valence-corrected chi connectivity index (χ4v) is 8.41. The summed E-state index contributed by atoms with van der Waals surface area (Å²) in [6.45, 7) is 0.421. The maximum atomic E-state index is 13.1. The maximum absolute atomic E-state index is 13.1. The van der Waals surface area contributed by atoms with Gasteiger partial charge in [0.05, 0.1) is 43.0 Å². The van der Waals surface area contributed by atoms with Crippen LogP contribution >= 0.6 is 0 Å². The third-order valence-electron chi connectivity index (χ3n) is 5.36. The first-order valence-electron chi connectivity index (χ1n) is 9.73. The van der Waals surface area contributed by atoms with E-state index in [2.05, 4.69) is 5.32 Å². The molecule has 1 N–H and O–H groups in total. The zero-order chi connectivity index (χ0) is 22.6. The van der Waals surface area contributed by atoms with Crippen LogP contribution in [0.3, 0.4) is 0 Å². The first kappa shape index (κ1) is 23.4. The molecular weight excluding hydrogens is 442 g/mol. The summed E-state index contributed by atoms with van der Waals surface area (Å²) < 4.78 is 66.4. The summed E-state index contributed by atoms with van der Waals surface area (Å²) in [5.74, 6) is 1.15. The molecule has 0 unspecified atom stereocenters. The minimum absolute atomic E-state index is 0.0853. The number of sulfone groups is 2. The van der Waals surface area contributed by atoms with Gasteiger partial charge in [0.15, 0.2) is 31.2 Å². The smallest absolute Gasteiger partial charge is 0.183 e. The second kappa shape index (κ2) is 9.46. The topological polar surface area (TPSA) is 108 Å². The van der Waals surface area contributed by atoms with Gasteiger partial charge in [-0.3, -0.25) is 0 Å². The highest BCUT2D eigenvalue weighted by Gasteiger charge is 2.45. The number of rotatable bonds is 9. The molecule has 8 nitrogen and oxygen atoms in total. The van der Waals surface area contributed by atoms with E-state index in [1.165, 1.54) is 19.2 Å². The Morgan fingerprint density at radius 1 is 0.935 bits per heavy atom. The monoisotopic (exact) mass is 469 g/mol. The average molecular weight is 470 g/mol. The van der Waals surface area contributed by atoms with Crippen molar-refractivity contribution >= 4 is 19.7 Å². The zero-order valence-corrected chi connectivity index (χ0v) is 19.3. The molecule has 1 heterocycles. The van der Waals surface area contributed by atoms with Crippen LogP contribution in [0.5, 0.6) is 17.2 Å². The fraction of sp³-hybridized carbons (Fsp3) is 0.429. The Bertz CT molecular complexity index is 1110. The summed E-state index contributed by atoms with van der Waals surface area (Å²) in [4.78, 5) is 0.0853. The van der Waals surface area contributed by atoms with E-state index < -0.39 is 36.7 Å². The molecule has 1 aliphatic rings. The van der Waals surface area contributed by atoms with E-state index in [4.69, 9.17) is 14.2 Å². The minimum Gasteiger partial charge on any atom is -0.497 e. The van der Waals surface area contributed by atoms with Crippen LogP contribution in [-0.2, 0) is 26.1 Å². The Balaban J connectivity index is 1.73. The zero-order valence-electron chi connectivity index (χ0n) is 17.7. The molecule has 0 spiro atoms. The Morgan fingerprint density at radius 3 is 2.23 bits per heavy atom. The molecule has 1 aliphatic heterocycles. The molecule has 31 heavy (non-hydrogen) atoms. The molecule has 0 bridgehead atoms. The van der Waals surface area contributed by atoms with Crippen LogP contribution in [0.4, 0.5) is 0 Å². The van der Waals surface area contributed by atoms with Crippen molar-refractivity contribution in [1.29, 1.82) is 0 Å². The van der Waals surface area contributed by atoms with Crippen molar-refractivity contribution in [3.05, 3.63) is 48.0 Å². The van der Waals surface area contributed by atoms with Gasteiger partial charge < -0.3 is 19.5 Å². The van der Waals surface area contributed by atoms with Crippen LogP contribution in [0.1, 0.15) is 5.56 Å². The van der Waals surface area contributed by atoms with E-state index in [9.17, 15) is 16.8 Å². The molecule has 0 aliphatic carbocycles. The molecule has 2 atom stereocenters. The molecule has 2 aromatic carbocycles. The summed E-state index contributed by atoms with van der Waals surface area (Å²) in [6.07, 6.45) is 0.576. The fourth-order valence-electron chi connectivity index (χ4n) is 3.69. The summed E-state index contributed by atoms with van der Waals surface area (Å²) in [5, 5.41) is 2.10. The second-order valence-electron chi connectivity index (χ2n) is 7.34. The lowest BCUT2D eigenvalue weighted by Crippen LogP contribution is -2.44. The molecule has 1 fully saturated rings. The van der Waals surface area contributed by atoms with Crippen LogP contribution in [0.2, 0.25) is 0 Å².